The molecule has 0 spiro atoms. The summed E-state index contributed by atoms with van der Waals surface area (Å²) in [7, 11) is 0. The zero-order valence-corrected chi connectivity index (χ0v) is 10.8. The maximum Gasteiger partial charge on any atom is 0.149 e. The number of piperidine rings is 1. The van der Waals surface area contributed by atoms with Crippen LogP contribution in [0.15, 0.2) is 12.1 Å². The highest BCUT2D eigenvalue weighted by atomic mass is 15.2. The lowest BCUT2D eigenvalue weighted by Crippen LogP contribution is -2.42. The first kappa shape index (κ1) is 11.6. The summed E-state index contributed by atoms with van der Waals surface area (Å²) < 4.78 is 0. The number of nitrogens with zero attached hydrogens (tertiary/aromatic N) is 2. The largest absolute Gasteiger partial charge is 0.396 e. The lowest BCUT2D eigenvalue weighted by molar-refractivity contribution is 0.202. The highest BCUT2D eigenvalue weighted by molar-refractivity contribution is 5.62. The molecular formula is C14H22N4. The van der Waals surface area contributed by atoms with E-state index in [2.05, 4.69) is 9.88 Å². The van der Waals surface area contributed by atoms with E-state index in [0.29, 0.717) is 11.5 Å². The Balaban J connectivity index is 1.75. The third-order valence-electron chi connectivity index (χ3n) is 4.56. The highest BCUT2D eigenvalue weighted by Gasteiger charge is 2.31. The van der Waals surface area contributed by atoms with Gasteiger partial charge in [-0.15, -0.1) is 0 Å². The van der Waals surface area contributed by atoms with Crippen LogP contribution in [-0.2, 0) is 0 Å². The van der Waals surface area contributed by atoms with Crippen LogP contribution < -0.4 is 16.4 Å². The summed E-state index contributed by atoms with van der Waals surface area (Å²) in [6, 6.07) is 3.86. The summed E-state index contributed by atoms with van der Waals surface area (Å²) in [5, 5.41) is 0. The van der Waals surface area contributed by atoms with Gasteiger partial charge in [0, 0.05) is 13.1 Å². The van der Waals surface area contributed by atoms with Crippen LogP contribution >= 0.6 is 0 Å². The van der Waals surface area contributed by atoms with Gasteiger partial charge in [-0.3, -0.25) is 0 Å². The molecule has 18 heavy (non-hydrogen) atoms. The molecule has 0 radical (unpaired) electrons. The topological polar surface area (TPSA) is 68.2 Å². The first-order valence-corrected chi connectivity index (χ1v) is 7.01. The van der Waals surface area contributed by atoms with Crippen molar-refractivity contribution in [2.24, 2.45) is 11.8 Å². The van der Waals surface area contributed by atoms with Crippen LogP contribution in [0.3, 0.4) is 0 Å². The standard InChI is InChI=1S/C14H22N4/c15-12-5-6-13(17-14(12)16)18-8-7-10-3-1-2-4-11(10)9-18/h5-6,10-11H,1-4,7-9,15H2,(H2,16,17). The molecule has 98 valence electrons. The fourth-order valence-corrected chi connectivity index (χ4v) is 3.46. The number of fused-ring (bicyclic) bond motifs is 1. The Hall–Kier alpha value is -1.45. The Morgan fingerprint density at radius 3 is 2.61 bits per heavy atom. The van der Waals surface area contributed by atoms with E-state index in [4.69, 9.17) is 11.5 Å². The number of hydrogen-bond acceptors (Lipinski definition) is 4. The Morgan fingerprint density at radius 2 is 1.83 bits per heavy atom. The van der Waals surface area contributed by atoms with Crippen molar-refractivity contribution < 1.29 is 0 Å². The molecule has 1 aliphatic heterocycles. The van der Waals surface area contributed by atoms with Gasteiger partial charge in [-0.1, -0.05) is 19.3 Å². The number of rotatable bonds is 1. The fraction of sp³-hybridized carbons (Fsp3) is 0.643. The van der Waals surface area contributed by atoms with Gasteiger partial charge in [0.05, 0.1) is 5.69 Å². The highest BCUT2D eigenvalue weighted by Crippen LogP contribution is 2.37. The smallest absolute Gasteiger partial charge is 0.149 e. The van der Waals surface area contributed by atoms with Crippen molar-refractivity contribution in [3.63, 3.8) is 0 Å². The number of hydrogen-bond donors (Lipinski definition) is 2. The molecule has 1 saturated carbocycles. The number of nitrogen functional groups attached to an aromatic ring is 2. The molecule has 2 heterocycles. The van der Waals surface area contributed by atoms with E-state index < -0.39 is 0 Å². The van der Waals surface area contributed by atoms with Crippen molar-refractivity contribution in [3.05, 3.63) is 12.1 Å². The van der Waals surface area contributed by atoms with Crippen LogP contribution in [0.4, 0.5) is 17.3 Å². The molecule has 3 rings (SSSR count). The molecular weight excluding hydrogens is 224 g/mol. The van der Waals surface area contributed by atoms with Crippen molar-refractivity contribution >= 4 is 17.3 Å². The van der Waals surface area contributed by atoms with Gasteiger partial charge < -0.3 is 16.4 Å². The molecule has 4 heteroatoms. The average molecular weight is 246 g/mol. The monoisotopic (exact) mass is 246 g/mol. The van der Waals surface area contributed by atoms with Gasteiger partial charge in [-0.05, 0) is 36.8 Å². The third-order valence-corrected chi connectivity index (χ3v) is 4.56. The van der Waals surface area contributed by atoms with Crippen molar-refractivity contribution in [3.8, 4) is 0 Å². The minimum absolute atomic E-state index is 0.457. The zero-order valence-electron chi connectivity index (χ0n) is 10.8. The van der Waals surface area contributed by atoms with Gasteiger partial charge in [0.25, 0.3) is 0 Å². The number of anilines is 3. The second-order valence-electron chi connectivity index (χ2n) is 5.68. The van der Waals surface area contributed by atoms with E-state index in [9.17, 15) is 0 Å². The van der Waals surface area contributed by atoms with Crippen LogP contribution in [0.25, 0.3) is 0 Å². The van der Waals surface area contributed by atoms with Gasteiger partial charge in [-0.2, -0.15) is 0 Å². The third kappa shape index (κ3) is 2.11. The maximum absolute atomic E-state index is 5.80. The van der Waals surface area contributed by atoms with Crippen molar-refractivity contribution in [2.45, 2.75) is 32.1 Å². The van der Waals surface area contributed by atoms with E-state index in [1.165, 1.54) is 32.1 Å². The average Bonchev–Trinajstić information content (AvgIpc) is 2.41. The summed E-state index contributed by atoms with van der Waals surface area (Å²) >= 11 is 0. The summed E-state index contributed by atoms with van der Waals surface area (Å²) in [6.45, 7) is 2.25. The predicted molar refractivity (Wildman–Crippen MR) is 75.3 cm³/mol. The van der Waals surface area contributed by atoms with E-state index >= 15 is 0 Å². The first-order valence-electron chi connectivity index (χ1n) is 7.01. The molecule has 2 atom stereocenters. The zero-order chi connectivity index (χ0) is 12.5. The molecule has 2 unspecified atom stereocenters. The van der Waals surface area contributed by atoms with Crippen LogP contribution in [0.1, 0.15) is 32.1 Å². The molecule has 1 aromatic heterocycles. The quantitative estimate of drug-likeness (QED) is 0.797. The normalized spacial score (nSPS) is 27.9. The van der Waals surface area contributed by atoms with Crippen LogP contribution in [0, 0.1) is 11.8 Å². The molecule has 4 nitrogen and oxygen atoms in total. The van der Waals surface area contributed by atoms with Crippen LogP contribution in [0.2, 0.25) is 0 Å². The molecule has 0 aromatic carbocycles. The van der Waals surface area contributed by atoms with Crippen molar-refractivity contribution in [1.82, 2.24) is 4.98 Å². The van der Waals surface area contributed by atoms with Crippen molar-refractivity contribution in [2.75, 3.05) is 29.5 Å². The molecule has 0 bridgehead atoms. The van der Waals surface area contributed by atoms with E-state index in [1.54, 1.807) is 0 Å². The molecule has 1 saturated heterocycles. The van der Waals surface area contributed by atoms with E-state index in [-0.39, 0.29) is 0 Å². The number of aromatic nitrogens is 1. The van der Waals surface area contributed by atoms with Gasteiger partial charge in [0.15, 0.2) is 0 Å². The Morgan fingerprint density at radius 1 is 1.06 bits per heavy atom. The predicted octanol–water partition coefficient (Wildman–Crippen LogP) is 2.26. The summed E-state index contributed by atoms with van der Waals surface area (Å²) in [5.74, 6) is 3.25. The Kier molecular flexibility index (Phi) is 3.02. The van der Waals surface area contributed by atoms with Crippen LogP contribution in [-0.4, -0.2) is 18.1 Å². The SMILES string of the molecule is Nc1ccc(N2CCC3CCCCC3C2)nc1N. The minimum Gasteiger partial charge on any atom is -0.396 e. The van der Waals surface area contributed by atoms with E-state index in [0.717, 1.165) is 30.7 Å². The van der Waals surface area contributed by atoms with Gasteiger partial charge >= 0.3 is 0 Å². The summed E-state index contributed by atoms with van der Waals surface area (Å²) in [5.41, 5.74) is 12.1. The van der Waals surface area contributed by atoms with Gasteiger partial charge in [0.2, 0.25) is 0 Å². The molecule has 2 aliphatic rings. The molecule has 4 N–H and O–H groups in total. The Labute approximate surface area is 108 Å². The van der Waals surface area contributed by atoms with Gasteiger partial charge in [-0.25, -0.2) is 4.98 Å². The summed E-state index contributed by atoms with van der Waals surface area (Å²) in [4.78, 5) is 6.79. The van der Waals surface area contributed by atoms with Gasteiger partial charge in [0.1, 0.15) is 11.6 Å². The minimum atomic E-state index is 0.457. The first-order chi connectivity index (χ1) is 8.74. The second-order valence-corrected chi connectivity index (χ2v) is 5.68. The van der Waals surface area contributed by atoms with Crippen molar-refractivity contribution in [1.29, 1.82) is 0 Å². The van der Waals surface area contributed by atoms with Crippen LogP contribution in [0.5, 0.6) is 0 Å². The maximum atomic E-state index is 5.80. The second kappa shape index (κ2) is 4.67. The molecule has 1 aliphatic carbocycles. The lowest BCUT2D eigenvalue weighted by atomic mass is 9.75. The summed E-state index contributed by atoms with van der Waals surface area (Å²) in [6.07, 6.45) is 6.93. The molecule has 2 fully saturated rings. The number of nitrogens with two attached hydrogens (primary N) is 2. The lowest BCUT2D eigenvalue weighted by Gasteiger charge is -2.41. The molecule has 0 amide bonds. The van der Waals surface area contributed by atoms with E-state index in [1.807, 2.05) is 12.1 Å². The number of pyridine rings is 1. The molecule has 1 aromatic rings. The fourth-order valence-electron chi connectivity index (χ4n) is 3.46. The Bertz CT molecular complexity index is 432.